The maximum atomic E-state index is 14.3. The number of methoxy groups -OCH3 is 1. The summed E-state index contributed by atoms with van der Waals surface area (Å²) in [7, 11) is 1.71. The van der Waals surface area contributed by atoms with Gasteiger partial charge in [0.05, 0.1) is 23.9 Å². The smallest absolute Gasteiger partial charge is 0.334 e. The number of benzene rings is 2. The van der Waals surface area contributed by atoms with Crippen molar-refractivity contribution >= 4 is 22.8 Å². The van der Waals surface area contributed by atoms with Gasteiger partial charge < -0.3 is 20.1 Å². The van der Waals surface area contributed by atoms with Crippen molar-refractivity contribution in [2.45, 2.75) is 38.3 Å². The van der Waals surface area contributed by atoms with Gasteiger partial charge in [-0.1, -0.05) is 18.2 Å². The molecule has 2 aliphatic rings. The molecule has 4 heterocycles. The predicted octanol–water partition coefficient (Wildman–Crippen LogP) is 4.22. The topological polar surface area (TPSA) is 135 Å². The third-order valence-corrected chi connectivity index (χ3v) is 9.58. The molecule has 2 fully saturated rings. The van der Waals surface area contributed by atoms with Gasteiger partial charge in [0.15, 0.2) is 0 Å². The number of rotatable bonds is 10. The zero-order valence-electron chi connectivity index (χ0n) is 28.4. The number of aromatic nitrogens is 3. The number of nitriles is 1. The number of carbonyl (C=O) groups excluding carboxylic acids is 1. The number of carbonyl (C=O) groups is 1. The molecular formula is C37H44N8O4. The number of nitrogens with two attached hydrogens (primary N) is 1. The Hall–Kier alpha value is -4.96. The van der Waals surface area contributed by atoms with Gasteiger partial charge in [0.2, 0.25) is 0 Å². The van der Waals surface area contributed by atoms with Crippen LogP contribution in [0.2, 0.25) is 0 Å². The number of likely N-dealkylation sites (tertiary alicyclic amines) is 1. The molecule has 12 heteroatoms. The van der Waals surface area contributed by atoms with Crippen LogP contribution in [0.15, 0.2) is 83.3 Å². The van der Waals surface area contributed by atoms with E-state index in [0.717, 1.165) is 32.7 Å². The molecule has 0 radical (unpaired) electrons. The molecule has 2 aliphatic heterocycles. The summed E-state index contributed by atoms with van der Waals surface area (Å²) >= 11 is 0. The molecule has 4 aromatic rings. The first-order valence-electron chi connectivity index (χ1n) is 16.8. The molecule has 49 heavy (non-hydrogen) atoms. The highest BCUT2D eigenvalue weighted by molar-refractivity contribution is 5.97. The van der Waals surface area contributed by atoms with E-state index in [1.807, 2.05) is 54.6 Å². The molecule has 0 aliphatic carbocycles. The van der Waals surface area contributed by atoms with E-state index in [9.17, 15) is 14.9 Å². The second kappa shape index (κ2) is 14.7. The van der Waals surface area contributed by atoms with E-state index in [4.69, 9.17) is 15.2 Å². The van der Waals surface area contributed by atoms with Crippen LogP contribution < -0.4 is 16.2 Å². The van der Waals surface area contributed by atoms with Crippen LogP contribution in [0.25, 0.3) is 16.7 Å². The normalized spacial score (nSPS) is 18.0. The molecule has 2 aromatic carbocycles. The lowest BCUT2D eigenvalue weighted by atomic mass is 9.96. The maximum absolute atomic E-state index is 14.3. The molecule has 0 spiro atoms. The minimum atomic E-state index is -0.486. The Bertz CT molecular complexity index is 1900. The summed E-state index contributed by atoms with van der Waals surface area (Å²) in [5.74, 6) is 1.26. The highest BCUT2D eigenvalue weighted by Crippen LogP contribution is 2.30. The van der Waals surface area contributed by atoms with E-state index in [1.165, 1.54) is 0 Å². The average Bonchev–Trinajstić information content (AvgIpc) is 3.43. The summed E-state index contributed by atoms with van der Waals surface area (Å²) in [6.45, 7) is 9.95. The van der Waals surface area contributed by atoms with Crippen molar-refractivity contribution in [1.82, 2.24) is 28.8 Å². The number of amides is 1. The number of hydrogen-bond donors (Lipinski definition) is 1. The van der Waals surface area contributed by atoms with Gasteiger partial charge in [0.1, 0.15) is 34.5 Å². The SMILES string of the molecule is COCCN1CCN(C(C)(C)C=C(C#N)C(=O)N2CCC[C@@H](n3c(=O)n(-c4ccc(Oc5ccccc5)cc4)c4c(N)nccc43)C2)CC1. The first-order chi connectivity index (χ1) is 23.7. The molecule has 256 valence electrons. The lowest BCUT2D eigenvalue weighted by molar-refractivity contribution is -0.128. The monoisotopic (exact) mass is 664 g/mol. The fourth-order valence-electron chi connectivity index (χ4n) is 6.94. The molecule has 0 bridgehead atoms. The number of piperidine rings is 1. The van der Waals surface area contributed by atoms with E-state index < -0.39 is 5.54 Å². The van der Waals surface area contributed by atoms with Gasteiger partial charge in [0, 0.05) is 64.7 Å². The lowest BCUT2D eigenvalue weighted by Gasteiger charge is -2.43. The first kappa shape index (κ1) is 33.9. The van der Waals surface area contributed by atoms with Crippen molar-refractivity contribution in [3.8, 4) is 23.3 Å². The second-order valence-electron chi connectivity index (χ2n) is 13.2. The number of hydrogen-bond acceptors (Lipinski definition) is 9. The molecule has 2 aromatic heterocycles. The Morgan fingerprint density at radius 1 is 1.04 bits per heavy atom. The largest absolute Gasteiger partial charge is 0.457 e. The quantitative estimate of drug-likeness (QED) is 0.195. The van der Waals surface area contributed by atoms with Crippen LogP contribution in [0, 0.1) is 11.3 Å². The summed E-state index contributed by atoms with van der Waals surface area (Å²) in [5, 5.41) is 10.2. The molecule has 2 saturated heterocycles. The van der Waals surface area contributed by atoms with Crippen LogP contribution in [0.1, 0.15) is 32.7 Å². The highest BCUT2D eigenvalue weighted by atomic mass is 16.5. The fraction of sp³-hybridized carbons (Fsp3) is 0.405. The molecule has 1 amide bonds. The summed E-state index contributed by atoms with van der Waals surface area (Å²) < 4.78 is 14.5. The third kappa shape index (κ3) is 7.24. The van der Waals surface area contributed by atoms with Crippen LogP contribution in [-0.2, 0) is 9.53 Å². The van der Waals surface area contributed by atoms with Crippen LogP contribution in [0.4, 0.5) is 5.82 Å². The number of anilines is 1. The van der Waals surface area contributed by atoms with Gasteiger partial charge in [-0.05, 0) is 75.2 Å². The van der Waals surface area contributed by atoms with E-state index in [2.05, 4.69) is 34.7 Å². The number of imidazole rings is 1. The third-order valence-electron chi connectivity index (χ3n) is 9.58. The van der Waals surface area contributed by atoms with Gasteiger partial charge in [-0.3, -0.25) is 23.7 Å². The minimum Gasteiger partial charge on any atom is -0.457 e. The van der Waals surface area contributed by atoms with E-state index in [1.54, 1.807) is 39.5 Å². The average molecular weight is 665 g/mol. The standard InChI is InChI=1S/C37H44N8O4/c1-37(2,43-20-18-41(19-21-43)22-23-48-3)24-27(25-38)35(46)42-17-7-8-29(26-42)44-32-15-16-40-34(39)33(32)45(36(44)47)28-11-13-31(14-12-28)49-30-9-5-4-6-10-30/h4-6,9-16,24,29H,7-8,17-23,26H2,1-3H3,(H2,39,40)/t29-/m1/s1. The molecule has 0 saturated carbocycles. The minimum absolute atomic E-state index is 0.119. The van der Waals surface area contributed by atoms with Crippen LogP contribution in [0.5, 0.6) is 11.5 Å². The molecule has 2 N–H and O–H groups in total. The van der Waals surface area contributed by atoms with Crippen LogP contribution >= 0.6 is 0 Å². The Labute approximate surface area is 286 Å². The zero-order chi connectivity index (χ0) is 34.5. The van der Waals surface area contributed by atoms with Crippen molar-refractivity contribution in [2.75, 3.05) is 65.3 Å². The van der Waals surface area contributed by atoms with Crippen molar-refractivity contribution in [1.29, 1.82) is 5.26 Å². The number of nitrogen functional groups attached to an aromatic ring is 1. The molecular weight excluding hydrogens is 620 g/mol. The summed E-state index contributed by atoms with van der Waals surface area (Å²) in [6, 6.07) is 20.4. The van der Waals surface area contributed by atoms with Gasteiger partial charge in [0.25, 0.3) is 5.91 Å². The molecule has 6 rings (SSSR count). The first-order valence-corrected chi connectivity index (χ1v) is 16.8. The Balaban J connectivity index is 1.23. The van der Waals surface area contributed by atoms with E-state index in [0.29, 0.717) is 60.8 Å². The van der Waals surface area contributed by atoms with Crippen molar-refractivity contribution in [2.24, 2.45) is 0 Å². The molecule has 12 nitrogen and oxygen atoms in total. The highest BCUT2D eigenvalue weighted by Gasteiger charge is 2.33. The second-order valence-corrected chi connectivity index (χ2v) is 13.2. The maximum Gasteiger partial charge on any atom is 0.334 e. The predicted molar refractivity (Wildman–Crippen MR) is 189 cm³/mol. The van der Waals surface area contributed by atoms with Crippen molar-refractivity contribution < 1.29 is 14.3 Å². The molecule has 1 atom stereocenters. The van der Waals surface area contributed by atoms with E-state index >= 15 is 0 Å². The number of piperazine rings is 1. The fourth-order valence-corrected chi connectivity index (χ4v) is 6.94. The van der Waals surface area contributed by atoms with E-state index in [-0.39, 0.29) is 29.0 Å². The van der Waals surface area contributed by atoms with Gasteiger partial charge in [-0.2, -0.15) is 5.26 Å². The Morgan fingerprint density at radius 3 is 2.45 bits per heavy atom. The van der Waals surface area contributed by atoms with Crippen molar-refractivity contribution in [3.63, 3.8) is 0 Å². The van der Waals surface area contributed by atoms with Crippen LogP contribution in [0.3, 0.4) is 0 Å². The molecule has 0 unspecified atom stereocenters. The summed E-state index contributed by atoms with van der Waals surface area (Å²) in [5.41, 5.74) is 7.52. The number of ether oxygens (including phenoxy) is 2. The van der Waals surface area contributed by atoms with Gasteiger partial charge in [-0.25, -0.2) is 9.78 Å². The Morgan fingerprint density at radius 2 is 1.76 bits per heavy atom. The van der Waals surface area contributed by atoms with Gasteiger partial charge in [-0.15, -0.1) is 0 Å². The number of nitrogens with zero attached hydrogens (tertiary/aromatic N) is 7. The number of fused-ring (bicyclic) bond motifs is 1. The Kier molecular flexibility index (Phi) is 10.1. The van der Waals surface area contributed by atoms with Gasteiger partial charge >= 0.3 is 5.69 Å². The van der Waals surface area contributed by atoms with Crippen molar-refractivity contribution in [3.05, 3.63) is 89.0 Å². The van der Waals surface area contributed by atoms with Crippen LogP contribution in [-0.4, -0.2) is 99.8 Å². The summed E-state index contributed by atoms with van der Waals surface area (Å²) in [6.07, 6.45) is 4.78. The lowest BCUT2D eigenvalue weighted by Crippen LogP contribution is -2.54. The summed E-state index contributed by atoms with van der Waals surface area (Å²) in [4.78, 5) is 38.8. The number of pyridine rings is 1. The zero-order valence-corrected chi connectivity index (χ0v) is 28.4. The number of para-hydroxylation sites is 1.